The third-order valence-electron chi connectivity index (χ3n) is 2.73. The van der Waals surface area contributed by atoms with E-state index in [9.17, 15) is 5.26 Å². The smallest absolute Gasteiger partial charge is 0.153 e. The van der Waals surface area contributed by atoms with Crippen molar-refractivity contribution >= 4 is 32.9 Å². The molecule has 0 N–H and O–H groups in total. The van der Waals surface area contributed by atoms with Crippen LogP contribution in [0.25, 0.3) is 16.2 Å². The van der Waals surface area contributed by atoms with Gasteiger partial charge in [0, 0.05) is 10.7 Å². The number of aryl methyl sites for hydroxylation is 1. The van der Waals surface area contributed by atoms with Gasteiger partial charge < -0.3 is 0 Å². The number of nitriles is 1. The highest BCUT2D eigenvalue weighted by Gasteiger charge is 2.16. The average molecular weight is 318 g/mol. The van der Waals surface area contributed by atoms with Gasteiger partial charge in [-0.15, -0.1) is 11.3 Å². The fourth-order valence-electron chi connectivity index (χ4n) is 1.96. The number of rotatable bonds is 1. The lowest BCUT2D eigenvalue weighted by Gasteiger charge is -1.99. The maximum atomic E-state index is 9.36. The maximum Gasteiger partial charge on any atom is 0.153 e. The Morgan fingerprint density at radius 2 is 2.33 bits per heavy atom. The van der Waals surface area contributed by atoms with Crippen molar-refractivity contribution in [1.29, 1.82) is 5.26 Å². The molecule has 0 radical (unpaired) electrons. The predicted molar refractivity (Wildman–Crippen MR) is 75.7 cm³/mol. The molecule has 5 heteroatoms. The molecule has 3 aromatic heterocycles. The van der Waals surface area contributed by atoms with E-state index in [-0.39, 0.29) is 0 Å². The first-order valence-electron chi connectivity index (χ1n) is 5.33. The Morgan fingerprint density at radius 3 is 3.00 bits per heavy atom. The summed E-state index contributed by atoms with van der Waals surface area (Å²) in [6, 6.07) is 8.20. The number of halogens is 1. The highest BCUT2D eigenvalue weighted by molar-refractivity contribution is 9.10. The van der Waals surface area contributed by atoms with Gasteiger partial charge in [0.25, 0.3) is 0 Å². The van der Waals surface area contributed by atoms with Crippen LogP contribution >= 0.6 is 27.3 Å². The van der Waals surface area contributed by atoms with Crippen molar-refractivity contribution in [3.8, 4) is 16.6 Å². The first-order chi connectivity index (χ1) is 8.70. The molecular formula is C13H8BrN3S. The Balaban J connectivity index is 2.42. The van der Waals surface area contributed by atoms with Gasteiger partial charge in [-0.1, -0.05) is 6.07 Å². The quantitative estimate of drug-likeness (QED) is 0.680. The first kappa shape index (κ1) is 11.5. The van der Waals surface area contributed by atoms with Crippen LogP contribution in [-0.2, 0) is 0 Å². The average Bonchev–Trinajstić information content (AvgIpc) is 2.93. The van der Waals surface area contributed by atoms with Gasteiger partial charge in [-0.2, -0.15) is 5.26 Å². The summed E-state index contributed by atoms with van der Waals surface area (Å²) in [5.74, 6) is 0. The number of imidazole rings is 1. The Bertz CT molecular complexity index is 766. The van der Waals surface area contributed by atoms with Crippen molar-refractivity contribution in [2.75, 3.05) is 0 Å². The molecule has 0 spiro atoms. The van der Waals surface area contributed by atoms with Crippen LogP contribution in [0.4, 0.5) is 0 Å². The molecule has 0 amide bonds. The van der Waals surface area contributed by atoms with Crippen molar-refractivity contribution in [2.24, 2.45) is 0 Å². The lowest BCUT2D eigenvalue weighted by molar-refractivity contribution is 1.13. The molecule has 3 aromatic rings. The van der Waals surface area contributed by atoms with Gasteiger partial charge in [0.05, 0.1) is 4.88 Å². The zero-order chi connectivity index (χ0) is 12.7. The molecule has 0 aliphatic rings. The Hall–Kier alpha value is -1.64. The summed E-state index contributed by atoms with van der Waals surface area (Å²) in [5, 5.41) is 11.4. The second-order valence-corrected chi connectivity index (χ2v) is 5.80. The molecule has 0 aliphatic heterocycles. The summed E-state index contributed by atoms with van der Waals surface area (Å²) < 4.78 is 2.79. The van der Waals surface area contributed by atoms with Crippen LogP contribution in [0.3, 0.4) is 0 Å². The van der Waals surface area contributed by atoms with Crippen molar-refractivity contribution in [3.63, 3.8) is 0 Å². The molecule has 0 aliphatic carbocycles. The van der Waals surface area contributed by atoms with E-state index in [1.54, 1.807) is 11.3 Å². The summed E-state index contributed by atoms with van der Waals surface area (Å²) >= 11 is 5.04. The topological polar surface area (TPSA) is 41.1 Å². The van der Waals surface area contributed by atoms with E-state index in [1.165, 1.54) is 0 Å². The largest absolute Gasteiger partial charge is 0.289 e. The number of hydrogen-bond acceptors (Lipinski definition) is 3. The van der Waals surface area contributed by atoms with Crippen LogP contribution in [0, 0.1) is 18.3 Å². The van der Waals surface area contributed by atoms with Crippen LogP contribution in [0.5, 0.6) is 0 Å². The number of fused-ring (bicyclic) bond motifs is 1. The summed E-state index contributed by atoms with van der Waals surface area (Å²) in [7, 11) is 0. The number of hydrogen-bond donors (Lipinski definition) is 0. The van der Waals surface area contributed by atoms with E-state index in [2.05, 4.69) is 27.0 Å². The van der Waals surface area contributed by atoms with Crippen LogP contribution in [0.15, 0.2) is 34.2 Å². The molecule has 0 bridgehead atoms. The van der Waals surface area contributed by atoms with Crippen LogP contribution in [0.1, 0.15) is 11.3 Å². The predicted octanol–water partition coefficient (Wildman–Crippen LogP) is 4.01. The normalized spacial score (nSPS) is 10.7. The van der Waals surface area contributed by atoms with E-state index >= 15 is 0 Å². The minimum Gasteiger partial charge on any atom is -0.289 e. The second-order valence-electron chi connectivity index (χ2n) is 3.93. The number of nitrogens with zero attached hydrogens (tertiary/aromatic N) is 3. The van der Waals surface area contributed by atoms with Gasteiger partial charge >= 0.3 is 0 Å². The molecular weight excluding hydrogens is 310 g/mol. The highest BCUT2D eigenvalue weighted by atomic mass is 79.9. The summed E-state index contributed by atoms with van der Waals surface area (Å²) in [6.07, 6.45) is 1.88. The minimum atomic E-state index is 0.580. The SMILES string of the molecule is Cc1cc(Br)cn2c(C#N)c(-c3cccs3)nc12. The molecule has 3 heterocycles. The molecule has 0 saturated heterocycles. The van der Waals surface area contributed by atoms with Crippen molar-refractivity contribution in [3.05, 3.63) is 45.5 Å². The standard InChI is InChI=1S/C13H8BrN3S/c1-8-5-9(14)7-17-10(6-15)12(16-13(8)17)11-3-2-4-18-11/h2-5,7H,1H3. The molecule has 3 rings (SSSR count). The Kier molecular flexibility index (Phi) is 2.69. The van der Waals surface area contributed by atoms with Crippen LogP contribution < -0.4 is 0 Å². The Labute approximate surface area is 116 Å². The third kappa shape index (κ3) is 1.65. The van der Waals surface area contributed by atoms with E-state index in [1.807, 2.05) is 41.1 Å². The van der Waals surface area contributed by atoms with Crippen LogP contribution in [0.2, 0.25) is 0 Å². The van der Waals surface area contributed by atoms with E-state index in [0.29, 0.717) is 5.69 Å². The number of pyridine rings is 1. The minimum absolute atomic E-state index is 0.580. The number of thiophene rings is 1. The molecule has 0 fully saturated rings. The lowest BCUT2D eigenvalue weighted by Crippen LogP contribution is -1.90. The van der Waals surface area contributed by atoms with Gasteiger partial charge in [-0.3, -0.25) is 4.40 Å². The molecule has 3 nitrogen and oxygen atoms in total. The van der Waals surface area contributed by atoms with E-state index in [4.69, 9.17) is 0 Å². The highest BCUT2D eigenvalue weighted by Crippen LogP contribution is 2.29. The van der Waals surface area contributed by atoms with Gasteiger partial charge in [0.2, 0.25) is 0 Å². The molecule has 18 heavy (non-hydrogen) atoms. The summed E-state index contributed by atoms with van der Waals surface area (Å²) in [5.41, 5.74) is 3.22. The van der Waals surface area contributed by atoms with Gasteiger partial charge in [0.15, 0.2) is 5.69 Å². The molecule has 0 unspecified atom stereocenters. The molecule has 88 valence electrons. The first-order valence-corrected chi connectivity index (χ1v) is 7.00. The molecule has 0 atom stereocenters. The zero-order valence-corrected chi connectivity index (χ0v) is 11.9. The van der Waals surface area contributed by atoms with Crippen molar-refractivity contribution < 1.29 is 0 Å². The van der Waals surface area contributed by atoms with Crippen molar-refractivity contribution in [2.45, 2.75) is 6.92 Å². The van der Waals surface area contributed by atoms with Gasteiger partial charge in [0.1, 0.15) is 17.4 Å². The van der Waals surface area contributed by atoms with E-state index in [0.717, 1.165) is 26.3 Å². The number of aromatic nitrogens is 2. The fourth-order valence-corrected chi connectivity index (χ4v) is 3.22. The maximum absolute atomic E-state index is 9.36. The Morgan fingerprint density at radius 1 is 1.50 bits per heavy atom. The summed E-state index contributed by atoms with van der Waals surface area (Å²) in [6.45, 7) is 1.99. The second kappa shape index (κ2) is 4.23. The van der Waals surface area contributed by atoms with Gasteiger partial charge in [-0.25, -0.2) is 4.98 Å². The molecule has 0 aromatic carbocycles. The summed E-state index contributed by atoms with van der Waals surface area (Å²) in [4.78, 5) is 5.62. The lowest BCUT2D eigenvalue weighted by atomic mass is 10.3. The zero-order valence-electron chi connectivity index (χ0n) is 9.51. The monoisotopic (exact) mass is 317 g/mol. The fraction of sp³-hybridized carbons (Fsp3) is 0.0769. The van der Waals surface area contributed by atoms with E-state index < -0.39 is 0 Å². The van der Waals surface area contributed by atoms with Crippen molar-refractivity contribution in [1.82, 2.24) is 9.38 Å². The van der Waals surface area contributed by atoms with Gasteiger partial charge in [-0.05, 0) is 45.9 Å². The third-order valence-corrected chi connectivity index (χ3v) is 4.04. The molecule has 0 saturated carbocycles. The van der Waals surface area contributed by atoms with Crippen LogP contribution in [-0.4, -0.2) is 9.38 Å².